The van der Waals surface area contributed by atoms with Crippen LogP contribution in [0.3, 0.4) is 0 Å². The highest BCUT2D eigenvalue weighted by molar-refractivity contribution is 5.77. The number of ether oxygens (including phenoxy) is 1. The lowest BCUT2D eigenvalue weighted by atomic mass is 9.84. The Labute approximate surface area is 221 Å². The van der Waals surface area contributed by atoms with Gasteiger partial charge < -0.3 is 15.0 Å². The summed E-state index contributed by atoms with van der Waals surface area (Å²) < 4.78 is 19.2. The molecule has 0 aromatic heterocycles. The normalized spacial score (nSPS) is 20.9. The number of nitrogens with one attached hydrogen (secondary N) is 1. The van der Waals surface area contributed by atoms with Gasteiger partial charge in [-0.25, -0.2) is 4.39 Å². The van der Waals surface area contributed by atoms with Crippen molar-refractivity contribution in [1.29, 1.82) is 5.26 Å². The number of hydrogen-bond donors (Lipinski definition) is 1. The van der Waals surface area contributed by atoms with E-state index in [1.807, 2.05) is 17.0 Å². The number of rotatable bonds is 7. The first-order valence-corrected chi connectivity index (χ1v) is 13.6. The van der Waals surface area contributed by atoms with Crippen LogP contribution in [-0.2, 0) is 21.6 Å². The number of piperidine rings is 1. The van der Waals surface area contributed by atoms with Crippen molar-refractivity contribution in [2.75, 3.05) is 25.0 Å². The van der Waals surface area contributed by atoms with E-state index in [4.69, 9.17) is 10.00 Å². The number of likely N-dealkylation sites (tertiary alicyclic amines) is 1. The van der Waals surface area contributed by atoms with E-state index >= 15 is 0 Å². The Balaban J connectivity index is 1.16. The van der Waals surface area contributed by atoms with Crippen LogP contribution in [0.15, 0.2) is 42.5 Å². The first kappa shape index (κ1) is 27.1. The summed E-state index contributed by atoms with van der Waals surface area (Å²) in [5, 5.41) is 12.5. The van der Waals surface area contributed by atoms with Gasteiger partial charge in [-0.3, -0.25) is 4.79 Å². The van der Waals surface area contributed by atoms with E-state index in [1.165, 1.54) is 11.1 Å². The Morgan fingerprint density at radius 1 is 1.05 bits per heavy atom. The van der Waals surface area contributed by atoms with E-state index < -0.39 is 6.67 Å². The van der Waals surface area contributed by atoms with Gasteiger partial charge in [0, 0.05) is 30.4 Å². The van der Waals surface area contributed by atoms with Crippen LogP contribution in [0.4, 0.5) is 10.1 Å². The summed E-state index contributed by atoms with van der Waals surface area (Å²) in [6, 6.07) is 16.6. The van der Waals surface area contributed by atoms with Gasteiger partial charge in [0.05, 0.1) is 17.7 Å². The molecule has 4 rings (SSSR count). The second-order valence-electron chi connectivity index (χ2n) is 11.6. The summed E-state index contributed by atoms with van der Waals surface area (Å²) in [5.41, 5.74) is 4.55. The lowest BCUT2D eigenvalue weighted by Crippen LogP contribution is -2.41. The van der Waals surface area contributed by atoms with Crippen LogP contribution in [0, 0.1) is 11.3 Å². The molecular formula is C31H40FN3O2. The first-order chi connectivity index (χ1) is 17.8. The van der Waals surface area contributed by atoms with E-state index in [-0.39, 0.29) is 30.1 Å². The van der Waals surface area contributed by atoms with Crippen molar-refractivity contribution in [2.24, 2.45) is 0 Å². The fourth-order valence-electron chi connectivity index (χ4n) is 5.51. The lowest BCUT2D eigenvalue weighted by Gasteiger charge is -2.34. The molecule has 1 N–H and O–H groups in total. The molecule has 37 heavy (non-hydrogen) atoms. The Bertz CT molecular complexity index is 1090. The SMILES string of the molecule is CC(C)(C)c1ccc(C2CCN(C(=O)COC3CCC(Nc4ccc(C#N)c(CF)c4)CC3)CC2)cc1. The van der Waals surface area contributed by atoms with Gasteiger partial charge in [-0.1, -0.05) is 45.0 Å². The fourth-order valence-corrected chi connectivity index (χ4v) is 5.51. The summed E-state index contributed by atoms with van der Waals surface area (Å²) >= 11 is 0. The zero-order valence-electron chi connectivity index (χ0n) is 22.4. The van der Waals surface area contributed by atoms with Gasteiger partial charge in [0.25, 0.3) is 0 Å². The first-order valence-electron chi connectivity index (χ1n) is 13.6. The zero-order chi connectivity index (χ0) is 26.4. The predicted molar refractivity (Wildman–Crippen MR) is 145 cm³/mol. The van der Waals surface area contributed by atoms with Gasteiger partial charge in [-0.2, -0.15) is 5.26 Å². The Hall–Kier alpha value is -2.91. The molecule has 1 saturated heterocycles. The molecule has 2 aromatic carbocycles. The number of halogens is 1. The van der Waals surface area contributed by atoms with Gasteiger partial charge in [-0.05, 0) is 79.2 Å². The van der Waals surface area contributed by atoms with Crippen molar-refractivity contribution < 1.29 is 13.9 Å². The van der Waals surface area contributed by atoms with Crippen molar-refractivity contribution >= 4 is 11.6 Å². The highest BCUT2D eigenvalue weighted by atomic mass is 19.1. The van der Waals surface area contributed by atoms with Gasteiger partial charge in [0.1, 0.15) is 13.3 Å². The third kappa shape index (κ3) is 7.11. The van der Waals surface area contributed by atoms with E-state index in [9.17, 15) is 9.18 Å². The molecule has 0 radical (unpaired) electrons. The third-order valence-corrected chi connectivity index (χ3v) is 7.95. The highest BCUT2D eigenvalue weighted by Crippen LogP contribution is 2.31. The summed E-state index contributed by atoms with van der Waals surface area (Å²) in [5.74, 6) is 0.608. The van der Waals surface area contributed by atoms with Crippen LogP contribution in [0.2, 0.25) is 0 Å². The zero-order valence-corrected chi connectivity index (χ0v) is 22.4. The number of benzene rings is 2. The maximum atomic E-state index is 13.2. The summed E-state index contributed by atoms with van der Waals surface area (Å²) in [6.45, 7) is 7.79. The van der Waals surface area contributed by atoms with Crippen molar-refractivity contribution in [3.05, 3.63) is 64.7 Å². The number of carbonyl (C=O) groups excluding carboxylic acids is 1. The van der Waals surface area contributed by atoms with Gasteiger partial charge in [-0.15, -0.1) is 0 Å². The smallest absolute Gasteiger partial charge is 0.248 e. The molecule has 0 spiro atoms. The minimum absolute atomic E-state index is 0.0955. The molecule has 198 valence electrons. The molecule has 6 heteroatoms. The topological polar surface area (TPSA) is 65.4 Å². The molecule has 1 saturated carbocycles. The quantitative estimate of drug-likeness (QED) is 0.468. The fraction of sp³-hybridized carbons (Fsp3) is 0.548. The minimum Gasteiger partial charge on any atom is -0.382 e. The number of nitriles is 1. The summed E-state index contributed by atoms with van der Waals surface area (Å²) in [6.07, 6.45) is 5.75. The van der Waals surface area contributed by atoms with Crippen LogP contribution >= 0.6 is 0 Å². The second kappa shape index (κ2) is 12.1. The van der Waals surface area contributed by atoms with Gasteiger partial charge >= 0.3 is 0 Å². The number of carbonyl (C=O) groups is 1. The van der Waals surface area contributed by atoms with Crippen LogP contribution in [0.1, 0.15) is 87.5 Å². The van der Waals surface area contributed by atoms with Crippen molar-refractivity contribution in [1.82, 2.24) is 4.90 Å². The average molecular weight is 506 g/mol. The molecule has 2 fully saturated rings. The van der Waals surface area contributed by atoms with Gasteiger partial charge in [0.2, 0.25) is 5.91 Å². The lowest BCUT2D eigenvalue weighted by molar-refractivity contribution is -0.139. The maximum absolute atomic E-state index is 13.2. The molecule has 2 aromatic rings. The van der Waals surface area contributed by atoms with Gasteiger partial charge in [0.15, 0.2) is 0 Å². The number of hydrogen-bond acceptors (Lipinski definition) is 4. The second-order valence-corrected chi connectivity index (χ2v) is 11.6. The number of alkyl halides is 1. The van der Waals surface area contributed by atoms with Crippen LogP contribution in [0.5, 0.6) is 0 Å². The molecule has 1 aliphatic heterocycles. The average Bonchev–Trinajstić information content (AvgIpc) is 2.92. The van der Waals surface area contributed by atoms with Crippen LogP contribution in [-0.4, -0.2) is 42.6 Å². The highest BCUT2D eigenvalue weighted by Gasteiger charge is 2.27. The molecular weight excluding hydrogens is 465 g/mol. The Kier molecular flexibility index (Phi) is 8.87. The van der Waals surface area contributed by atoms with E-state index in [1.54, 1.807) is 12.1 Å². The van der Waals surface area contributed by atoms with Crippen LogP contribution in [0.25, 0.3) is 0 Å². The Morgan fingerprint density at radius 2 is 1.73 bits per heavy atom. The van der Waals surface area contributed by atoms with Crippen LogP contribution < -0.4 is 5.32 Å². The predicted octanol–water partition coefficient (Wildman–Crippen LogP) is 6.47. The number of nitrogens with zero attached hydrogens (tertiary/aromatic N) is 2. The van der Waals surface area contributed by atoms with Crippen molar-refractivity contribution in [2.45, 2.75) is 89.4 Å². The summed E-state index contributed by atoms with van der Waals surface area (Å²) in [4.78, 5) is 14.8. The van der Waals surface area contributed by atoms with Crippen molar-refractivity contribution in [3.63, 3.8) is 0 Å². The Morgan fingerprint density at radius 3 is 2.32 bits per heavy atom. The minimum atomic E-state index is -0.644. The molecule has 2 aliphatic rings. The molecule has 1 heterocycles. The number of amides is 1. The van der Waals surface area contributed by atoms with E-state index in [0.29, 0.717) is 17.0 Å². The maximum Gasteiger partial charge on any atom is 0.248 e. The monoisotopic (exact) mass is 505 g/mol. The largest absolute Gasteiger partial charge is 0.382 e. The molecule has 0 bridgehead atoms. The van der Waals surface area contributed by atoms with Crippen molar-refractivity contribution in [3.8, 4) is 6.07 Å². The molecule has 1 amide bonds. The summed E-state index contributed by atoms with van der Waals surface area (Å²) in [7, 11) is 0. The third-order valence-electron chi connectivity index (χ3n) is 7.95. The number of anilines is 1. The molecule has 0 atom stereocenters. The molecule has 5 nitrogen and oxygen atoms in total. The van der Waals surface area contributed by atoms with E-state index in [0.717, 1.165) is 57.3 Å². The molecule has 0 unspecified atom stereocenters. The molecule has 1 aliphatic carbocycles. The van der Waals surface area contributed by atoms with E-state index in [2.05, 4.69) is 50.4 Å². The standard InChI is InChI=1S/C31H40FN3O2/c1-31(2,3)26-7-4-22(5-8-26)23-14-16-35(17-15-23)30(36)21-37-29-12-10-27(11-13-29)34-28-9-6-24(20-33)25(18-28)19-32/h4-9,18,23,27,29,34H,10-17,19,21H2,1-3H3.